The number of hydrogen-bond donors (Lipinski definition) is 1. The molecule has 0 aliphatic carbocycles. The van der Waals surface area contributed by atoms with E-state index in [1.807, 2.05) is 0 Å². The molecule has 1 N–H and O–H groups in total. The average Bonchev–Trinajstić information content (AvgIpc) is 2.67. The van der Waals surface area contributed by atoms with E-state index in [0.29, 0.717) is 0 Å². The first-order chi connectivity index (χ1) is 13.2. The fraction of sp³-hybridized carbons (Fsp3) is 0.389. The Morgan fingerprint density at radius 1 is 1.11 bits per heavy atom. The molecule has 1 saturated heterocycles. The van der Waals surface area contributed by atoms with Crippen molar-refractivity contribution in [2.75, 3.05) is 50.1 Å². The van der Waals surface area contributed by atoms with Gasteiger partial charge in [0.05, 0.1) is 5.56 Å². The molecule has 1 aromatic carbocycles. The molecule has 1 aliphatic rings. The second kappa shape index (κ2) is 7.53. The number of phenolic OH excluding ortho intramolecular Hbond substituents is 1. The lowest BCUT2D eigenvalue weighted by atomic mass is 10.1. The number of phenols is 1. The number of piperazine rings is 1. The van der Waals surface area contributed by atoms with Crippen LogP contribution in [0.1, 0.15) is 16.1 Å². The third-order valence-electron chi connectivity index (χ3n) is 4.43. The zero-order chi connectivity index (χ0) is 20.5. The van der Waals surface area contributed by atoms with Crippen LogP contribution in [0.3, 0.4) is 0 Å². The van der Waals surface area contributed by atoms with E-state index in [2.05, 4.69) is 9.97 Å². The number of halogens is 3. The molecule has 0 saturated carbocycles. The number of aromatic hydroxyl groups is 1. The van der Waals surface area contributed by atoms with Crippen molar-refractivity contribution in [3.05, 3.63) is 41.6 Å². The van der Waals surface area contributed by atoms with E-state index in [0.717, 1.165) is 6.07 Å². The fourth-order valence-electron chi connectivity index (χ4n) is 2.87. The molecule has 7 nitrogen and oxygen atoms in total. The van der Waals surface area contributed by atoms with Gasteiger partial charge in [0.2, 0.25) is 5.95 Å². The number of amides is 1. The second-order valence-electron chi connectivity index (χ2n) is 6.60. The molecule has 0 unspecified atom stereocenters. The molecule has 28 heavy (non-hydrogen) atoms. The predicted octanol–water partition coefficient (Wildman–Crippen LogP) is 2.23. The van der Waals surface area contributed by atoms with E-state index in [-0.39, 0.29) is 55.2 Å². The van der Waals surface area contributed by atoms with Crippen molar-refractivity contribution < 1.29 is 23.1 Å². The molecular weight excluding hydrogens is 375 g/mol. The fourth-order valence-corrected chi connectivity index (χ4v) is 2.87. The number of hydrogen-bond acceptors (Lipinski definition) is 6. The zero-order valence-electron chi connectivity index (χ0n) is 15.4. The molecule has 1 fully saturated rings. The number of benzene rings is 1. The molecule has 150 valence electrons. The molecule has 1 aliphatic heterocycles. The predicted molar refractivity (Wildman–Crippen MR) is 97.6 cm³/mol. The summed E-state index contributed by atoms with van der Waals surface area (Å²) in [6, 6.07) is 7.15. The minimum Gasteiger partial charge on any atom is -0.507 e. The van der Waals surface area contributed by atoms with Gasteiger partial charge in [-0.25, -0.2) is 4.98 Å². The molecular formula is C18H20F3N5O2. The minimum absolute atomic E-state index is 0.0202. The van der Waals surface area contributed by atoms with E-state index >= 15 is 0 Å². The molecule has 0 radical (unpaired) electrons. The van der Waals surface area contributed by atoms with E-state index in [1.165, 1.54) is 17.0 Å². The number of alkyl halides is 3. The Bertz CT molecular complexity index is 865. The largest absolute Gasteiger partial charge is 0.507 e. The van der Waals surface area contributed by atoms with Gasteiger partial charge in [-0.2, -0.15) is 18.2 Å². The van der Waals surface area contributed by atoms with Crippen LogP contribution in [0.25, 0.3) is 0 Å². The summed E-state index contributed by atoms with van der Waals surface area (Å²) in [7, 11) is 3.21. The Morgan fingerprint density at radius 3 is 2.32 bits per heavy atom. The van der Waals surface area contributed by atoms with E-state index in [1.54, 1.807) is 36.0 Å². The van der Waals surface area contributed by atoms with Crippen LogP contribution in [-0.4, -0.2) is 66.2 Å². The molecule has 0 spiro atoms. The highest BCUT2D eigenvalue weighted by atomic mass is 19.4. The number of anilines is 2. The van der Waals surface area contributed by atoms with Crippen LogP contribution in [0.4, 0.5) is 24.9 Å². The van der Waals surface area contributed by atoms with Crippen molar-refractivity contribution >= 4 is 17.7 Å². The second-order valence-corrected chi connectivity index (χ2v) is 6.60. The number of para-hydroxylation sites is 1. The Hall–Kier alpha value is -3.04. The summed E-state index contributed by atoms with van der Waals surface area (Å²) in [5, 5.41) is 9.84. The summed E-state index contributed by atoms with van der Waals surface area (Å²) in [6.07, 6.45) is -4.58. The Kier molecular flexibility index (Phi) is 5.30. The average molecular weight is 395 g/mol. The van der Waals surface area contributed by atoms with Crippen molar-refractivity contribution in [2.24, 2.45) is 0 Å². The highest BCUT2D eigenvalue weighted by Gasteiger charge is 2.35. The highest BCUT2D eigenvalue weighted by molar-refractivity contribution is 5.96. The summed E-state index contributed by atoms with van der Waals surface area (Å²) in [5.74, 6) is -0.290. The number of carbonyl (C=O) groups excluding carboxylic acids is 1. The van der Waals surface area contributed by atoms with Crippen LogP contribution in [0.5, 0.6) is 5.75 Å². The molecule has 2 heterocycles. The molecule has 10 heteroatoms. The van der Waals surface area contributed by atoms with Crippen LogP contribution >= 0.6 is 0 Å². The van der Waals surface area contributed by atoms with E-state index in [9.17, 15) is 23.1 Å². The van der Waals surface area contributed by atoms with Gasteiger partial charge in [-0.1, -0.05) is 12.1 Å². The van der Waals surface area contributed by atoms with E-state index < -0.39 is 11.9 Å². The standard InChI is InChI=1S/C18H20F3N5O2/c1-24(2)15-11-14(18(19,20)21)22-17(23-15)26-9-7-25(8-10-26)16(28)12-5-3-4-6-13(12)27/h3-6,11,27H,7-10H2,1-2H3. The quantitative estimate of drug-likeness (QED) is 0.859. The number of carbonyl (C=O) groups is 1. The molecule has 0 bridgehead atoms. The lowest BCUT2D eigenvalue weighted by Gasteiger charge is -2.35. The maximum Gasteiger partial charge on any atom is 0.433 e. The Balaban J connectivity index is 1.77. The van der Waals surface area contributed by atoms with Crippen molar-refractivity contribution in [3.8, 4) is 5.75 Å². The zero-order valence-corrected chi connectivity index (χ0v) is 15.4. The van der Waals surface area contributed by atoms with Gasteiger partial charge in [-0.3, -0.25) is 4.79 Å². The number of rotatable bonds is 3. The van der Waals surface area contributed by atoms with Crippen molar-refractivity contribution in [1.29, 1.82) is 0 Å². The SMILES string of the molecule is CN(C)c1cc(C(F)(F)F)nc(N2CCN(C(=O)c3ccccc3O)CC2)n1. The van der Waals surface area contributed by atoms with Gasteiger partial charge in [0.25, 0.3) is 5.91 Å². The van der Waals surface area contributed by atoms with Crippen LogP contribution in [0, 0.1) is 0 Å². The van der Waals surface area contributed by atoms with Crippen LogP contribution in [-0.2, 0) is 6.18 Å². The van der Waals surface area contributed by atoms with Crippen molar-refractivity contribution in [2.45, 2.75) is 6.18 Å². The number of nitrogens with zero attached hydrogens (tertiary/aromatic N) is 5. The summed E-state index contributed by atoms with van der Waals surface area (Å²) in [5.41, 5.74) is -0.810. The van der Waals surface area contributed by atoms with E-state index in [4.69, 9.17) is 0 Å². The smallest absolute Gasteiger partial charge is 0.433 e. The lowest BCUT2D eigenvalue weighted by Crippen LogP contribution is -2.49. The Labute approximate surface area is 160 Å². The maximum atomic E-state index is 13.2. The van der Waals surface area contributed by atoms with Gasteiger partial charge >= 0.3 is 6.18 Å². The molecule has 1 aromatic heterocycles. The van der Waals surface area contributed by atoms with Crippen molar-refractivity contribution in [3.63, 3.8) is 0 Å². The van der Waals surface area contributed by atoms with Crippen LogP contribution in [0.15, 0.2) is 30.3 Å². The van der Waals surface area contributed by atoms with Crippen LogP contribution in [0.2, 0.25) is 0 Å². The third-order valence-corrected chi connectivity index (χ3v) is 4.43. The van der Waals surface area contributed by atoms with Gasteiger partial charge in [0.15, 0.2) is 5.69 Å². The Morgan fingerprint density at radius 2 is 1.75 bits per heavy atom. The topological polar surface area (TPSA) is 72.8 Å². The number of aromatic nitrogens is 2. The highest BCUT2D eigenvalue weighted by Crippen LogP contribution is 2.31. The molecule has 0 atom stereocenters. The molecule has 3 rings (SSSR count). The normalized spacial score (nSPS) is 14.9. The summed E-state index contributed by atoms with van der Waals surface area (Å²) in [6.45, 7) is 1.13. The summed E-state index contributed by atoms with van der Waals surface area (Å²) in [4.78, 5) is 25.1. The van der Waals surface area contributed by atoms with Gasteiger partial charge in [0.1, 0.15) is 11.6 Å². The first-order valence-electron chi connectivity index (χ1n) is 8.62. The first kappa shape index (κ1) is 19.7. The summed E-state index contributed by atoms with van der Waals surface area (Å²) < 4.78 is 39.5. The molecule has 2 aromatic rings. The summed E-state index contributed by atoms with van der Waals surface area (Å²) >= 11 is 0. The maximum absolute atomic E-state index is 13.2. The monoisotopic (exact) mass is 395 g/mol. The van der Waals surface area contributed by atoms with Gasteiger partial charge in [0, 0.05) is 46.3 Å². The van der Waals surface area contributed by atoms with Gasteiger partial charge in [-0.15, -0.1) is 0 Å². The first-order valence-corrected chi connectivity index (χ1v) is 8.62. The minimum atomic E-state index is -4.58. The van der Waals surface area contributed by atoms with Gasteiger partial charge in [-0.05, 0) is 12.1 Å². The van der Waals surface area contributed by atoms with Crippen LogP contribution < -0.4 is 9.80 Å². The third kappa shape index (κ3) is 4.10. The molecule has 1 amide bonds. The lowest BCUT2D eigenvalue weighted by molar-refractivity contribution is -0.141. The van der Waals surface area contributed by atoms with Crippen molar-refractivity contribution in [1.82, 2.24) is 14.9 Å². The van der Waals surface area contributed by atoms with Gasteiger partial charge < -0.3 is 19.8 Å².